The third-order valence-corrected chi connectivity index (χ3v) is 4.21. The summed E-state index contributed by atoms with van der Waals surface area (Å²) in [5.74, 6) is 2.07. The monoisotopic (exact) mass is 369 g/mol. The van der Waals surface area contributed by atoms with Crippen LogP contribution in [0.15, 0.2) is 22.7 Å². The molecule has 6 heteroatoms. The molecule has 0 bridgehead atoms. The average Bonchev–Trinajstić information content (AvgIpc) is 2.48. The van der Waals surface area contributed by atoms with Gasteiger partial charge in [-0.15, -0.1) is 0 Å². The van der Waals surface area contributed by atoms with Crippen LogP contribution in [0.5, 0.6) is 5.75 Å². The van der Waals surface area contributed by atoms with Crippen LogP contribution >= 0.6 is 27.5 Å². The fourth-order valence-electron chi connectivity index (χ4n) is 1.85. The molecule has 0 aliphatic carbocycles. The van der Waals surface area contributed by atoms with Gasteiger partial charge >= 0.3 is 0 Å². The van der Waals surface area contributed by atoms with Crippen molar-refractivity contribution in [3.8, 4) is 17.1 Å². The van der Waals surface area contributed by atoms with Crippen LogP contribution in [-0.4, -0.2) is 23.6 Å². The molecule has 112 valence electrons. The van der Waals surface area contributed by atoms with E-state index in [0.29, 0.717) is 16.6 Å². The highest BCUT2D eigenvalue weighted by molar-refractivity contribution is 9.10. The SMILES string of the molecule is CCCNc1nc(-c2ccc(OC)c(Cl)c2)nc(C)c1Br. The molecule has 2 aromatic rings. The molecule has 0 unspecified atom stereocenters. The molecule has 21 heavy (non-hydrogen) atoms. The van der Waals surface area contributed by atoms with E-state index in [9.17, 15) is 0 Å². The van der Waals surface area contributed by atoms with Gasteiger partial charge in [-0.25, -0.2) is 9.97 Å². The van der Waals surface area contributed by atoms with E-state index in [4.69, 9.17) is 16.3 Å². The Kier molecular flexibility index (Phi) is 5.42. The molecule has 0 aliphatic rings. The number of methoxy groups -OCH3 is 1. The number of aryl methyl sites for hydroxylation is 1. The van der Waals surface area contributed by atoms with Gasteiger partial charge in [-0.1, -0.05) is 18.5 Å². The van der Waals surface area contributed by atoms with Crippen molar-refractivity contribution in [1.82, 2.24) is 9.97 Å². The summed E-state index contributed by atoms with van der Waals surface area (Å²) < 4.78 is 6.05. The van der Waals surface area contributed by atoms with E-state index in [1.54, 1.807) is 7.11 Å². The number of aromatic nitrogens is 2. The number of nitrogens with one attached hydrogen (secondary N) is 1. The number of hydrogen-bond donors (Lipinski definition) is 1. The van der Waals surface area contributed by atoms with E-state index in [-0.39, 0.29) is 0 Å². The van der Waals surface area contributed by atoms with Crippen LogP contribution in [0.2, 0.25) is 5.02 Å². The lowest BCUT2D eigenvalue weighted by molar-refractivity contribution is 0.415. The Morgan fingerprint density at radius 1 is 1.33 bits per heavy atom. The zero-order chi connectivity index (χ0) is 15.4. The zero-order valence-electron chi connectivity index (χ0n) is 12.2. The summed E-state index contributed by atoms with van der Waals surface area (Å²) in [7, 11) is 1.59. The number of nitrogens with zero attached hydrogens (tertiary/aromatic N) is 2. The summed E-state index contributed by atoms with van der Waals surface area (Å²) in [4.78, 5) is 9.08. The number of ether oxygens (including phenoxy) is 1. The van der Waals surface area contributed by atoms with Gasteiger partial charge in [-0.2, -0.15) is 0 Å². The second-order valence-electron chi connectivity index (χ2n) is 4.57. The molecule has 0 fully saturated rings. The minimum absolute atomic E-state index is 0.544. The van der Waals surface area contributed by atoms with Crippen LogP contribution in [0.3, 0.4) is 0 Å². The molecule has 0 spiro atoms. The third kappa shape index (κ3) is 3.66. The Labute approximate surface area is 138 Å². The van der Waals surface area contributed by atoms with E-state index in [1.165, 1.54) is 0 Å². The van der Waals surface area contributed by atoms with Crippen LogP contribution < -0.4 is 10.1 Å². The van der Waals surface area contributed by atoms with Crippen molar-refractivity contribution in [2.45, 2.75) is 20.3 Å². The van der Waals surface area contributed by atoms with Gasteiger partial charge in [0.1, 0.15) is 11.6 Å². The molecule has 1 N–H and O–H groups in total. The highest BCUT2D eigenvalue weighted by Gasteiger charge is 2.12. The summed E-state index contributed by atoms with van der Waals surface area (Å²) in [6.45, 7) is 4.91. The van der Waals surface area contributed by atoms with Gasteiger partial charge in [0.05, 0.1) is 22.3 Å². The topological polar surface area (TPSA) is 47.0 Å². The Morgan fingerprint density at radius 2 is 2.10 bits per heavy atom. The first-order valence-corrected chi connectivity index (χ1v) is 7.85. The molecule has 2 rings (SSSR count). The Hall–Kier alpha value is -1.33. The van der Waals surface area contributed by atoms with Gasteiger partial charge in [0.2, 0.25) is 0 Å². The molecule has 0 aliphatic heterocycles. The molecule has 0 radical (unpaired) electrons. The van der Waals surface area contributed by atoms with E-state index in [2.05, 4.69) is 38.1 Å². The molecule has 4 nitrogen and oxygen atoms in total. The van der Waals surface area contributed by atoms with Crippen LogP contribution in [0, 0.1) is 6.92 Å². The lowest BCUT2D eigenvalue weighted by Crippen LogP contribution is -2.06. The van der Waals surface area contributed by atoms with E-state index < -0.39 is 0 Å². The van der Waals surface area contributed by atoms with Crippen molar-refractivity contribution in [2.24, 2.45) is 0 Å². The van der Waals surface area contributed by atoms with E-state index in [0.717, 1.165) is 34.5 Å². The lowest BCUT2D eigenvalue weighted by atomic mass is 10.2. The molecule has 0 atom stereocenters. The summed E-state index contributed by atoms with van der Waals surface area (Å²) in [6, 6.07) is 5.53. The predicted octanol–water partition coefficient (Wildman–Crippen LogP) is 4.70. The summed E-state index contributed by atoms with van der Waals surface area (Å²) >= 11 is 9.69. The quantitative estimate of drug-likeness (QED) is 0.829. The van der Waals surface area contributed by atoms with E-state index in [1.807, 2.05) is 25.1 Å². The van der Waals surface area contributed by atoms with Crippen molar-refractivity contribution in [3.05, 3.63) is 33.4 Å². The number of rotatable bonds is 5. The number of halogens is 2. The minimum atomic E-state index is 0.544. The second-order valence-corrected chi connectivity index (χ2v) is 5.77. The van der Waals surface area contributed by atoms with Crippen molar-refractivity contribution < 1.29 is 4.74 Å². The Morgan fingerprint density at radius 3 is 2.71 bits per heavy atom. The predicted molar refractivity (Wildman–Crippen MR) is 90.2 cm³/mol. The highest BCUT2D eigenvalue weighted by atomic mass is 79.9. The first kappa shape index (κ1) is 16.0. The normalized spacial score (nSPS) is 10.5. The minimum Gasteiger partial charge on any atom is -0.495 e. The van der Waals surface area contributed by atoms with E-state index >= 15 is 0 Å². The molecule has 0 amide bonds. The summed E-state index contributed by atoms with van der Waals surface area (Å²) in [5.41, 5.74) is 1.74. The summed E-state index contributed by atoms with van der Waals surface area (Å²) in [5, 5.41) is 3.84. The van der Waals surface area contributed by atoms with Gasteiger partial charge in [-0.3, -0.25) is 0 Å². The van der Waals surface area contributed by atoms with Crippen LogP contribution in [0.25, 0.3) is 11.4 Å². The maximum absolute atomic E-state index is 6.17. The molecule has 1 aromatic heterocycles. The molecule has 1 heterocycles. The van der Waals surface area contributed by atoms with Crippen molar-refractivity contribution >= 4 is 33.3 Å². The standard InChI is InChI=1S/C15H17BrClN3O/c1-4-7-18-15-13(16)9(2)19-14(20-15)10-5-6-12(21-3)11(17)8-10/h5-6,8H,4,7H2,1-3H3,(H,18,19,20). The highest BCUT2D eigenvalue weighted by Crippen LogP contribution is 2.31. The van der Waals surface area contributed by atoms with Crippen LogP contribution in [0.1, 0.15) is 19.0 Å². The number of hydrogen-bond acceptors (Lipinski definition) is 4. The van der Waals surface area contributed by atoms with Gasteiger partial charge in [0.25, 0.3) is 0 Å². The van der Waals surface area contributed by atoms with Crippen molar-refractivity contribution in [2.75, 3.05) is 19.0 Å². The van der Waals surface area contributed by atoms with Crippen LogP contribution in [-0.2, 0) is 0 Å². The fraction of sp³-hybridized carbons (Fsp3) is 0.333. The molecule has 0 saturated heterocycles. The smallest absolute Gasteiger partial charge is 0.161 e. The van der Waals surface area contributed by atoms with Gasteiger partial charge < -0.3 is 10.1 Å². The maximum Gasteiger partial charge on any atom is 0.161 e. The largest absolute Gasteiger partial charge is 0.495 e. The lowest BCUT2D eigenvalue weighted by Gasteiger charge is -2.11. The molecule has 0 saturated carbocycles. The first-order chi connectivity index (χ1) is 10.1. The average molecular weight is 371 g/mol. The Balaban J connectivity index is 2.43. The third-order valence-electron chi connectivity index (χ3n) is 2.97. The van der Waals surface area contributed by atoms with Crippen LogP contribution in [0.4, 0.5) is 5.82 Å². The Bertz CT molecular complexity index is 649. The van der Waals surface area contributed by atoms with Gasteiger partial charge in [0.15, 0.2) is 5.82 Å². The first-order valence-electron chi connectivity index (χ1n) is 6.68. The van der Waals surface area contributed by atoms with Crippen molar-refractivity contribution in [3.63, 3.8) is 0 Å². The fourth-order valence-corrected chi connectivity index (χ4v) is 2.43. The van der Waals surface area contributed by atoms with Gasteiger partial charge in [-0.05, 0) is 47.5 Å². The van der Waals surface area contributed by atoms with Crippen molar-refractivity contribution in [1.29, 1.82) is 0 Å². The zero-order valence-corrected chi connectivity index (χ0v) is 14.5. The summed E-state index contributed by atoms with van der Waals surface area (Å²) in [6.07, 6.45) is 1.03. The molecular weight excluding hydrogens is 354 g/mol. The molecular formula is C15H17BrClN3O. The number of benzene rings is 1. The molecule has 1 aromatic carbocycles. The van der Waals surface area contributed by atoms with Gasteiger partial charge in [0, 0.05) is 12.1 Å². The second kappa shape index (κ2) is 7.09. The number of anilines is 1. The maximum atomic E-state index is 6.17.